The molecule has 1 nitrogen and oxygen atoms in total. The lowest BCUT2D eigenvalue weighted by Crippen LogP contribution is -2.11. The van der Waals surface area contributed by atoms with Crippen LogP contribution in [0.5, 0.6) is 0 Å². The van der Waals surface area contributed by atoms with Crippen molar-refractivity contribution >= 4 is 11.6 Å². The number of hydrogen-bond acceptors (Lipinski definition) is 1. The van der Waals surface area contributed by atoms with Gasteiger partial charge in [0.1, 0.15) is 0 Å². The summed E-state index contributed by atoms with van der Waals surface area (Å²) in [5.74, 6) is 0. The summed E-state index contributed by atoms with van der Waals surface area (Å²) < 4.78 is 0. The monoisotopic (exact) mass is 221 g/mol. The zero-order valence-electron chi connectivity index (χ0n) is 8.96. The third kappa shape index (κ3) is 2.61. The Hall–Kier alpha value is -0.790. The normalized spacial score (nSPS) is 20.5. The van der Waals surface area contributed by atoms with E-state index in [1.54, 1.807) is 0 Å². The molecule has 15 heavy (non-hydrogen) atoms. The van der Waals surface area contributed by atoms with E-state index in [4.69, 9.17) is 17.3 Å². The Balaban J connectivity index is 2.14. The molecular formula is C13H16ClN. The fourth-order valence-electron chi connectivity index (χ4n) is 2.01. The highest BCUT2D eigenvalue weighted by Crippen LogP contribution is 2.25. The Kier molecular flexibility index (Phi) is 3.13. The van der Waals surface area contributed by atoms with Crippen LogP contribution >= 0.6 is 11.6 Å². The van der Waals surface area contributed by atoms with Gasteiger partial charge in [0, 0.05) is 11.1 Å². The molecule has 1 unspecified atom stereocenters. The summed E-state index contributed by atoms with van der Waals surface area (Å²) in [6.45, 7) is 2.06. The summed E-state index contributed by atoms with van der Waals surface area (Å²) in [6, 6.07) is 6.50. The highest BCUT2D eigenvalue weighted by atomic mass is 35.5. The van der Waals surface area contributed by atoms with E-state index in [1.807, 2.05) is 6.07 Å². The van der Waals surface area contributed by atoms with Crippen molar-refractivity contribution in [2.45, 2.75) is 32.2 Å². The second-order valence-electron chi connectivity index (χ2n) is 4.30. The lowest BCUT2D eigenvalue weighted by molar-refractivity contribution is 0.770. The summed E-state index contributed by atoms with van der Waals surface area (Å²) in [5.41, 5.74) is 9.68. The van der Waals surface area contributed by atoms with Crippen LogP contribution in [0.15, 0.2) is 29.8 Å². The van der Waals surface area contributed by atoms with Crippen LogP contribution in [0.25, 0.3) is 0 Å². The van der Waals surface area contributed by atoms with E-state index < -0.39 is 0 Å². The summed E-state index contributed by atoms with van der Waals surface area (Å²) in [7, 11) is 0. The van der Waals surface area contributed by atoms with Crippen molar-refractivity contribution in [3.63, 3.8) is 0 Å². The molecule has 1 aliphatic carbocycles. The third-order valence-electron chi connectivity index (χ3n) is 2.87. The van der Waals surface area contributed by atoms with Gasteiger partial charge in [-0.2, -0.15) is 0 Å². The average Bonchev–Trinajstić information content (AvgIpc) is 2.56. The first-order valence-electron chi connectivity index (χ1n) is 5.35. The molecule has 1 aromatic carbocycles. The molecule has 0 aromatic heterocycles. The van der Waals surface area contributed by atoms with Gasteiger partial charge in [-0.15, -0.1) is 0 Å². The van der Waals surface area contributed by atoms with Gasteiger partial charge in [-0.25, -0.2) is 0 Å². The van der Waals surface area contributed by atoms with Crippen molar-refractivity contribution in [3.8, 4) is 0 Å². The Morgan fingerprint density at radius 2 is 2.27 bits per heavy atom. The van der Waals surface area contributed by atoms with Gasteiger partial charge in [0.25, 0.3) is 0 Å². The Morgan fingerprint density at radius 1 is 1.47 bits per heavy atom. The quantitative estimate of drug-likeness (QED) is 0.763. The number of hydrogen-bond donors (Lipinski definition) is 1. The van der Waals surface area contributed by atoms with Gasteiger partial charge >= 0.3 is 0 Å². The molecule has 0 bridgehead atoms. The molecule has 0 fully saturated rings. The number of nitrogens with two attached hydrogens (primary N) is 1. The predicted molar refractivity (Wildman–Crippen MR) is 65.2 cm³/mol. The maximum atomic E-state index is 6.19. The molecule has 0 spiro atoms. The van der Waals surface area contributed by atoms with E-state index >= 15 is 0 Å². The van der Waals surface area contributed by atoms with Crippen LogP contribution < -0.4 is 5.73 Å². The molecule has 80 valence electrons. The third-order valence-corrected chi connectivity index (χ3v) is 3.23. The van der Waals surface area contributed by atoms with Crippen molar-refractivity contribution in [3.05, 3.63) is 46.0 Å². The predicted octanol–water partition coefficient (Wildman–Crippen LogP) is 3.24. The SMILES string of the molecule is Cc1ccc(CC2=CC(N)CC2)c(Cl)c1. The van der Waals surface area contributed by atoms with Gasteiger partial charge in [-0.05, 0) is 43.4 Å². The van der Waals surface area contributed by atoms with Crippen LogP contribution in [0.4, 0.5) is 0 Å². The fraction of sp³-hybridized carbons (Fsp3) is 0.385. The minimum absolute atomic E-state index is 0.254. The molecule has 0 aliphatic heterocycles. The number of rotatable bonds is 2. The minimum Gasteiger partial charge on any atom is -0.324 e. The van der Waals surface area contributed by atoms with Crippen LogP contribution in [0.1, 0.15) is 24.0 Å². The van der Waals surface area contributed by atoms with Gasteiger partial charge in [-0.1, -0.05) is 35.4 Å². The van der Waals surface area contributed by atoms with Crippen LogP contribution in [-0.4, -0.2) is 6.04 Å². The minimum atomic E-state index is 0.254. The molecule has 0 saturated heterocycles. The van der Waals surface area contributed by atoms with E-state index in [0.717, 1.165) is 24.3 Å². The van der Waals surface area contributed by atoms with E-state index in [0.29, 0.717) is 0 Å². The first kappa shape index (κ1) is 10.7. The molecular weight excluding hydrogens is 206 g/mol. The number of allylic oxidation sites excluding steroid dienone is 1. The van der Waals surface area contributed by atoms with Crippen molar-refractivity contribution in [2.75, 3.05) is 0 Å². The molecule has 1 aromatic rings. The zero-order chi connectivity index (χ0) is 10.8. The molecule has 1 atom stereocenters. The molecule has 2 N–H and O–H groups in total. The van der Waals surface area contributed by atoms with E-state index in [9.17, 15) is 0 Å². The van der Waals surface area contributed by atoms with E-state index in [-0.39, 0.29) is 6.04 Å². The van der Waals surface area contributed by atoms with Crippen LogP contribution in [-0.2, 0) is 6.42 Å². The highest BCUT2D eigenvalue weighted by Gasteiger charge is 2.13. The van der Waals surface area contributed by atoms with Gasteiger partial charge in [-0.3, -0.25) is 0 Å². The van der Waals surface area contributed by atoms with Crippen molar-refractivity contribution < 1.29 is 0 Å². The number of benzene rings is 1. The lowest BCUT2D eigenvalue weighted by atomic mass is 10.0. The molecule has 1 aliphatic rings. The number of aryl methyl sites for hydroxylation is 1. The van der Waals surface area contributed by atoms with E-state index in [2.05, 4.69) is 25.1 Å². The summed E-state index contributed by atoms with van der Waals surface area (Å²) in [6.07, 6.45) is 5.33. The Bertz CT molecular complexity index is 396. The highest BCUT2D eigenvalue weighted by molar-refractivity contribution is 6.31. The summed E-state index contributed by atoms with van der Waals surface area (Å²) in [5, 5.41) is 0.872. The second-order valence-corrected chi connectivity index (χ2v) is 4.71. The smallest absolute Gasteiger partial charge is 0.0443 e. The van der Waals surface area contributed by atoms with Crippen molar-refractivity contribution in [1.29, 1.82) is 0 Å². The van der Waals surface area contributed by atoms with Crippen LogP contribution in [0.2, 0.25) is 5.02 Å². The molecule has 0 saturated carbocycles. The largest absolute Gasteiger partial charge is 0.324 e. The van der Waals surface area contributed by atoms with Crippen LogP contribution in [0.3, 0.4) is 0 Å². The Labute approximate surface area is 95.9 Å². The van der Waals surface area contributed by atoms with E-state index in [1.165, 1.54) is 16.7 Å². The van der Waals surface area contributed by atoms with Crippen molar-refractivity contribution in [1.82, 2.24) is 0 Å². The summed E-state index contributed by atoms with van der Waals surface area (Å²) in [4.78, 5) is 0. The maximum Gasteiger partial charge on any atom is 0.0443 e. The zero-order valence-corrected chi connectivity index (χ0v) is 9.72. The Morgan fingerprint density at radius 3 is 2.87 bits per heavy atom. The molecule has 0 amide bonds. The van der Waals surface area contributed by atoms with Crippen LogP contribution in [0, 0.1) is 6.92 Å². The average molecular weight is 222 g/mol. The van der Waals surface area contributed by atoms with Gasteiger partial charge < -0.3 is 5.73 Å². The molecule has 0 heterocycles. The fourth-order valence-corrected chi connectivity index (χ4v) is 2.31. The number of halogens is 1. The van der Waals surface area contributed by atoms with Gasteiger partial charge in [0.2, 0.25) is 0 Å². The van der Waals surface area contributed by atoms with Gasteiger partial charge in [0.05, 0.1) is 0 Å². The molecule has 0 radical (unpaired) electrons. The van der Waals surface area contributed by atoms with Crippen molar-refractivity contribution in [2.24, 2.45) is 5.73 Å². The van der Waals surface area contributed by atoms with Gasteiger partial charge in [0.15, 0.2) is 0 Å². The molecule has 2 rings (SSSR count). The lowest BCUT2D eigenvalue weighted by Gasteiger charge is -2.05. The standard InChI is InChI=1S/C13H16ClN/c1-9-2-4-11(13(14)6-9)7-10-3-5-12(15)8-10/h2,4,6,8,12H,3,5,7,15H2,1H3. The molecule has 2 heteroatoms. The second kappa shape index (κ2) is 4.38. The first-order valence-corrected chi connectivity index (χ1v) is 5.73. The maximum absolute atomic E-state index is 6.19. The topological polar surface area (TPSA) is 26.0 Å². The first-order chi connectivity index (χ1) is 7.15. The summed E-state index contributed by atoms with van der Waals surface area (Å²) >= 11 is 6.19.